The first kappa shape index (κ1) is 17.3. The molecule has 0 spiro atoms. The van der Waals surface area contributed by atoms with E-state index in [1.54, 1.807) is 0 Å². The molecule has 2 saturated heterocycles. The second kappa shape index (κ2) is 7.18. The van der Waals surface area contributed by atoms with Gasteiger partial charge in [-0.2, -0.15) is 0 Å². The molecule has 2 aliphatic heterocycles. The summed E-state index contributed by atoms with van der Waals surface area (Å²) < 4.78 is 12.6. The number of ether oxygens (including phenoxy) is 2. The molecule has 0 aromatic carbocycles. The largest absolute Gasteiger partial charge is 0.387 e. The van der Waals surface area contributed by atoms with Crippen molar-refractivity contribution < 1.29 is 14.6 Å². The van der Waals surface area contributed by atoms with Crippen LogP contribution in [0.25, 0.3) is 0 Å². The van der Waals surface area contributed by atoms with Gasteiger partial charge in [0.1, 0.15) is 18.3 Å². The topological polar surface area (TPSA) is 96.8 Å². The first-order valence-corrected chi connectivity index (χ1v) is 8.39. The first-order chi connectivity index (χ1) is 11.5. The number of aromatic amines is 1. The van der Waals surface area contributed by atoms with Crippen LogP contribution in [-0.2, 0) is 9.47 Å². The summed E-state index contributed by atoms with van der Waals surface area (Å²) in [7, 11) is 1.48. The van der Waals surface area contributed by atoms with Gasteiger partial charge in [-0.05, 0) is 25.3 Å². The van der Waals surface area contributed by atoms with E-state index in [-0.39, 0.29) is 0 Å². The van der Waals surface area contributed by atoms with Gasteiger partial charge in [0.25, 0.3) is 5.56 Å². The molecule has 24 heavy (non-hydrogen) atoms. The maximum absolute atomic E-state index is 12.0. The third-order valence-corrected chi connectivity index (χ3v) is 4.89. The lowest BCUT2D eigenvalue weighted by atomic mass is 9.99. The molecule has 3 rings (SSSR count). The summed E-state index contributed by atoms with van der Waals surface area (Å²) in [4.78, 5) is 27.7. The lowest BCUT2D eigenvalue weighted by Crippen LogP contribution is -2.44. The normalized spacial score (nSPS) is 34.5. The van der Waals surface area contributed by atoms with Gasteiger partial charge in [0, 0.05) is 32.5 Å². The summed E-state index contributed by atoms with van der Waals surface area (Å²) in [5.74, 6) is 0.633. The van der Waals surface area contributed by atoms with Gasteiger partial charge < -0.3 is 19.5 Å². The molecule has 3 unspecified atom stereocenters. The molecular formula is C16H25N3O5. The van der Waals surface area contributed by atoms with Gasteiger partial charge in [-0.1, -0.05) is 6.92 Å². The molecule has 2 fully saturated rings. The van der Waals surface area contributed by atoms with Crippen LogP contribution in [0.3, 0.4) is 0 Å². The lowest BCUT2D eigenvalue weighted by molar-refractivity contribution is -0.0599. The third-order valence-electron chi connectivity index (χ3n) is 4.89. The SMILES string of the molecule is COC1C(O)[C@@H](CN2CCCC(C)C2)O[C@H]1n1ccc(=O)[nH]c1=O. The van der Waals surface area contributed by atoms with Gasteiger partial charge in [-0.3, -0.25) is 14.3 Å². The van der Waals surface area contributed by atoms with E-state index in [1.807, 2.05) is 0 Å². The molecule has 8 heteroatoms. The number of aliphatic hydroxyl groups is 1. The highest BCUT2D eigenvalue weighted by atomic mass is 16.6. The average molecular weight is 339 g/mol. The van der Waals surface area contributed by atoms with E-state index in [4.69, 9.17) is 9.47 Å². The van der Waals surface area contributed by atoms with E-state index in [0.29, 0.717) is 12.5 Å². The van der Waals surface area contributed by atoms with Crippen molar-refractivity contribution in [1.82, 2.24) is 14.5 Å². The number of aliphatic hydroxyl groups excluding tert-OH is 1. The summed E-state index contributed by atoms with van der Waals surface area (Å²) in [5, 5.41) is 10.6. The molecule has 0 bridgehead atoms. The Labute approximate surface area is 140 Å². The summed E-state index contributed by atoms with van der Waals surface area (Å²) in [5.41, 5.74) is -1.04. The molecule has 1 aromatic rings. The zero-order chi connectivity index (χ0) is 17.3. The van der Waals surface area contributed by atoms with E-state index >= 15 is 0 Å². The van der Waals surface area contributed by atoms with E-state index in [0.717, 1.165) is 19.5 Å². The number of methoxy groups -OCH3 is 1. The number of likely N-dealkylation sites (tertiary alicyclic amines) is 1. The smallest absolute Gasteiger partial charge is 0.330 e. The number of rotatable bonds is 4. The second-order valence-corrected chi connectivity index (χ2v) is 6.78. The number of aromatic nitrogens is 2. The number of nitrogens with one attached hydrogen (secondary N) is 1. The predicted molar refractivity (Wildman–Crippen MR) is 86.9 cm³/mol. The molecule has 5 atom stereocenters. The van der Waals surface area contributed by atoms with Crippen LogP contribution in [0.1, 0.15) is 26.0 Å². The fourth-order valence-corrected chi connectivity index (χ4v) is 3.68. The van der Waals surface area contributed by atoms with Crippen LogP contribution in [0.15, 0.2) is 21.9 Å². The van der Waals surface area contributed by atoms with Gasteiger partial charge in [0.2, 0.25) is 0 Å². The number of hydrogen-bond donors (Lipinski definition) is 2. The highest BCUT2D eigenvalue weighted by Crippen LogP contribution is 2.31. The molecule has 0 aliphatic carbocycles. The Kier molecular flexibility index (Phi) is 5.19. The van der Waals surface area contributed by atoms with Crippen molar-refractivity contribution in [2.24, 2.45) is 5.92 Å². The summed E-state index contributed by atoms with van der Waals surface area (Å²) >= 11 is 0. The van der Waals surface area contributed by atoms with E-state index < -0.39 is 35.8 Å². The van der Waals surface area contributed by atoms with Gasteiger partial charge in [-0.15, -0.1) is 0 Å². The third kappa shape index (κ3) is 3.46. The Bertz CT molecular complexity index is 672. The number of hydrogen-bond acceptors (Lipinski definition) is 6. The molecule has 0 saturated carbocycles. The number of H-pyrrole nitrogens is 1. The number of piperidine rings is 1. The Balaban J connectivity index is 1.77. The van der Waals surface area contributed by atoms with Crippen LogP contribution in [-0.4, -0.2) is 64.6 Å². The minimum Gasteiger partial charge on any atom is -0.387 e. The maximum atomic E-state index is 12.0. The molecule has 8 nitrogen and oxygen atoms in total. The summed E-state index contributed by atoms with van der Waals surface area (Å²) in [6.45, 7) is 4.78. The Morgan fingerprint density at radius 3 is 2.92 bits per heavy atom. The second-order valence-electron chi connectivity index (χ2n) is 6.78. The molecule has 0 amide bonds. The van der Waals surface area contributed by atoms with Crippen molar-refractivity contribution in [3.05, 3.63) is 33.1 Å². The summed E-state index contributed by atoms with van der Waals surface area (Å²) in [6.07, 6.45) is 1.03. The van der Waals surface area contributed by atoms with Crippen molar-refractivity contribution in [1.29, 1.82) is 0 Å². The lowest BCUT2D eigenvalue weighted by Gasteiger charge is -2.33. The quantitative estimate of drug-likeness (QED) is 0.771. The van der Waals surface area contributed by atoms with Crippen LogP contribution in [0.5, 0.6) is 0 Å². The average Bonchev–Trinajstić information content (AvgIpc) is 2.83. The monoisotopic (exact) mass is 339 g/mol. The minimum absolute atomic E-state index is 0.441. The van der Waals surface area contributed by atoms with Crippen molar-refractivity contribution in [2.75, 3.05) is 26.7 Å². The standard InChI is InChI=1S/C16H25N3O5/c1-10-4-3-6-18(8-10)9-11-13(21)14(23-2)15(24-11)19-7-5-12(20)17-16(19)22/h5,7,10-11,13-15,21H,3-4,6,8-9H2,1-2H3,(H,17,20,22)/t10?,11-,13?,14?,15-/m1/s1. The van der Waals surface area contributed by atoms with Crippen molar-refractivity contribution in [3.63, 3.8) is 0 Å². The first-order valence-electron chi connectivity index (χ1n) is 8.39. The minimum atomic E-state index is -0.837. The molecule has 2 aliphatic rings. The van der Waals surface area contributed by atoms with Gasteiger partial charge in [0.15, 0.2) is 6.23 Å². The highest BCUT2D eigenvalue weighted by Gasteiger charge is 2.46. The molecule has 0 radical (unpaired) electrons. The Morgan fingerprint density at radius 1 is 1.46 bits per heavy atom. The molecule has 1 aromatic heterocycles. The highest BCUT2D eigenvalue weighted by molar-refractivity contribution is 4.95. The Hall–Kier alpha value is -1.48. The zero-order valence-corrected chi connectivity index (χ0v) is 14.1. The van der Waals surface area contributed by atoms with E-state index in [1.165, 1.54) is 30.4 Å². The fourth-order valence-electron chi connectivity index (χ4n) is 3.68. The Morgan fingerprint density at radius 2 is 2.25 bits per heavy atom. The van der Waals surface area contributed by atoms with Gasteiger partial charge in [-0.25, -0.2) is 4.79 Å². The van der Waals surface area contributed by atoms with Crippen LogP contribution in [0.2, 0.25) is 0 Å². The number of nitrogens with zero attached hydrogens (tertiary/aromatic N) is 2. The molecule has 134 valence electrons. The van der Waals surface area contributed by atoms with Crippen molar-refractivity contribution >= 4 is 0 Å². The van der Waals surface area contributed by atoms with E-state index in [2.05, 4.69) is 16.8 Å². The maximum Gasteiger partial charge on any atom is 0.330 e. The van der Waals surface area contributed by atoms with E-state index in [9.17, 15) is 14.7 Å². The van der Waals surface area contributed by atoms with Gasteiger partial charge in [0.05, 0.1) is 0 Å². The molecule has 3 heterocycles. The van der Waals surface area contributed by atoms with Crippen LogP contribution in [0, 0.1) is 5.92 Å². The molecule has 2 N–H and O–H groups in total. The van der Waals surface area contributed by atoms with Crippen molar-refractivity contribution in [2.45, 2.75) is 44.3 Å². The zero-order valence-electron chi connectivity index (χ0n) is 14.1. The van der Waals surface area contributed by atoms with Crippen LogP contribution in [0.4, 0.5) is 0 Å². The van der Waals surface area contributed by atoms with Gasteiger partial charge >= 0.3 is 5.69 Å². The van der Waals surface area contributed by atoms with Crippen LogP contribution >= 0.6 is 0 Å². The van der Waals surface area contributed by atoms with Crippen molar-refractivity contribution in [3.8, 4) is 0 Å². The predicted octanol–water partition coefficient (Wildman–Crippen LogP) is -0.458. The molecular weight excluding hydrogens is 314 g/mol. The van der Waals surface area contributed by atoms with Crippen LogP contribution < -0.4 is 11.2 Å². The summed E-state index contributed by atoms with van der Waals surface area (Å²) in [6, 6.07) is 1.25. The fraction of sp³-hybridized carbons (Fsp3) is 0.750.